The SMILES string of the molecule is C/C=C(/F)c1sc(N)c(C#N)c1/C(=C(\C)CC)c1c2c(c3cnc(N4CC(C)C5(CC5)C4)nc3c1F)COC2.[B]C([B])([B])C(CCC)C([B])([B])O.[CH3-].[Cu+]. The number of hydrogen-bond acceptors (Lipinski definition) is 8. The van der Waals surface area contributed by atoms with Crippen LogP contribution >= 0.6 is 11.3 Å². The summed E-state index contributed by atoms with van der Waals surface area (Å²) in [6, 6.07) is 2.15. The molecule has 1 aliphatic carbocycles. The Morgan fingerprint density at radius 3 is 2.36 bits per heavy atom. The van der Waals surface area contributed by atoms with Gasteiger partial charge in [0.25, 0.3) is 0 Å². The molecule has 0 amide bonds. The molecular formula is C37H43B5CuF2N5O2S. The van der Waals surface area contributed by atoms with E-state index < -0.39 is 28.1 Å². The molecule has 0 bridgehead atoms. The number of nitriles is 1. The Balaban J connectivity index is 0.000000469. The standard InChI is InChI=1S/C30H31F2N5OS.C6H9B5O.CH3.Cu/c1-5-15(3)22(24-17(9-33)28(34)39-27(24)21(31)6-2)23-20-13-38-12-19(20)18-10-35-29(36-26(18)25(23)32)37-11-16(4)30(14-37)7-8-30;1-2-3-4(5(7,8)9)6(10,11)12;;/h6,10,16H,5,7-8,11-14,34H2,1-4H3;4,12H,2-3H2,1H3;1H3;/q;;-1;+1/b21-6+,22-15+;;;. The number of nitrogen functional groups attached to an aromatic ring is 1. The minimum Gasteiger partial charge on any atom is -0.409 e. The van der Waals surface area contributed by atoms with Crippen molar-refractivity contribution in [3.05, 3.63) is 63.8 Å². The van der Waals surface area contributed by atoms with Crippen molar-refractivity contribution in [1.29, 1.82) is 5.26 Å². The van der Waals surface area contributed by atoms with E-state index in [-0.39, 0.29) is 52.1 Å². The number of hydrogen-bond donors (Lipinski definition) is 2. The molecule has 2 fully saturated rings. The number of allylic oxidation sites excluding steroid dienone is 2. The van der Waals surface area contributed by atoms with Crippen molar-refractivity contribution in [3.63, 3.8) is 0 Å². The van der Waals surface area contributed by atoms with Crippen molar-refractivity contribution in [2.45, 2.75) is 90.4 Å². The van der Waals surface area contributed by atoms with Crippen LogP contribution in [0, 0.1) is 41.8 Å². The van der Waals surface area contributed by atoms with Crippen LogP contribution in [0.1, 0.15) is 99.4 Å². The molecule has 10 radical (unpaired) electrons. The molecule has 1 saturated heterocycles. The van der Waals surface area contributed by atoms with Crippen LogP contribution in [-0.4, -0.2) is 72.8 Å². The van der Waals surface area contributed by atoms with Gasteiger partial charge in [0.05, 0.1) is 62.9 Å². The number of halogens is 2. The van der Waals surface area contributed by atoms with Crippen LogP contribution in [0.5, 0.6) is 0 Å². The van der Waals surface area contributed by atoms with Crippen LogP contribution in [0.2, 0.25) is 5.11 Å². The van der Waals surface area contributed by atoms with Crippen molar-refractivity contribution in [2.75, 3.05) is 23.7 Å². The third-order valence-electron chi connectivity index (χ3n) is 10.6. The van der Waals surface area contributed by atoms with E-state index in [1.54, 1.807) is 13.1 Å². The first kappa shape index (κ1) is 44.8. The Morgan fingerprint density at radius 2 is 1.87 bits per heavy atom. The van der Waals surface area contributed by atoms with Crippen LogP contribution in [0.3, 0.4) is 0 Å². The first-order chi connectivity index (χ1) is 23.9. The molecule has 2 aliphatic heterocycles. The predicted octanol–water partition coefficient (Wildman–Crippen LogP) is 6.53. The summed E-state index contributed by atoms with van der Waals surface area (Å²) in [4.78, 5) is 11.9. The minimum absolute atomic E-state index is 0. The molecule has 16 heteroatoms. The fourth-order valence-corrected chi connectivity index (χ4v) is 8.39. The molecule has 2 atom stereocenters. The number of thiophene rings is 1. The normalized spacial score (nSPS) is 18.7. The molecule has 2 aromatic heterocycles. The first-order valence-corrected chi connectivity index (χ1v) is 18.1. The molecule has 274 valence electrons. The third-order valence-corrected chi connectivity index (χ3v) is 11.6. The molecule has 3 aliphatic rings. The average molecular weight is 777 g/mol. The minimum atomic E-state index is -1.92. The Labute approximate surface area is 334 Å². The van der Waals surface area contributed by atoms with Crippen LogP contribution < -0.4 is 10.6 Å². The van der Waals surface area contributed by atoms with E-state index in [0.29, 0.717) is 64.4 Å². The quantitative estimate of drug-likeness (QED) is 0.188. The van der Waals surface area contributed by atoms with Gasteiger partial charge in [0.2, 0.25) is 5.95 Å². The fraction of sp³-hybridized carbons (Fsp3) is 0.514. The summed E-state index contributed by atoms with van der Waals surface area (Å²) in [5.41, 5.74) is 10.4. The molecule has 53 heavy (non-hydrogen) atoms. The molecule has 6 rings (SSSR count). The third kappa shape index (κ3) is 8.65. The van der Waals surface area contributed by atoms with Crippen LogP contribution in [0.15, 0.2) is 17.8 Å². The summed E-state index contributed by atoms with van der Waals surface area (Å²) in [5.74, 6) is -0.663. The van der Waals surface area contributed by atoms with Gasteiger partial charge in [-0.25, -0.2) is 18.7 Å². The number of anilines is 2. The summed E-state index contributed by atoms with van der Waals surface area (Å²) in [5, 5.41) is 16.7. The smallest absolute Gasteiger partial charge is 0.409 e. The van der Waals surface area contributed by atoms with E-state index in [1.807, 2.05) is 20.8 Å². The van der Waals surface area contributed by atoms with Crippen molar-refractivity contribution < 1.29 is 35.7 Å². The van der Waals surface area contributed by atoms with Gasteiger partial charge in [-0.3, -0.25) is 0 Å². The Bertz CT molecular complexity index is 1920. The number of fused-ring (bicyclic) bond motifs is 3. The second-order valence-electron chi connectivity index (χ2n) is 14.2. The number of aliphatic hydroxyl groups is 1. The Morgan fingerprint density at radius 1 is 1.23 bits per heavy atom. The maximum absolute atomic E-state index is 16.9. The summed E-state index contributed by atoms with van der Waals surface area (Å²) in [6.07, 6.45) is 7.27. The van der Waals surface area contributed by atoms with Crippen LogP contribution in [0.25, 0.3) is 22.3 Å². The van der Waals surface area contributed by atoms with E-state index >= 15 is 8.78 Å². The van der Waals surface area contributed by atoms with Gasteiger partial charge in [0, 0.05) is 35.8 Å². The fourth-order valence-electron chi connectivity index (χ4n) is 7.40. The number of nitrogens with two attached hydrogens (primary N) is 1. The van der Waals surface area contributed by atoms with Gasteiger partial charge in [-0.15, -0.1) is 16.4 Å². The van der Waals surface area contributed by atoms with E-state index in [1.165, 1.54) is 18.9 Å². The molecule has 1 saturated carbocycles. The zero-order valence-electron chi connectivity index (χ0n) is 31.2. The van der Waals surface area contributed by atoms with Gasteiger partial charge in [-0.05, 0) is 72.5 Å². The van der Waals surface area contributed by atoms with Gasteiger partial charge < -0.3 is 27.9 Å². The largest absolute Gasteiger partial charge is 1.00 e. The van der Waals surface area contributed by atoms with Gasteiger partial charge in [-0.1, -0.05) is 45.3 Å². The number of rotatable bonds is 9. The Kier molecular flexibility index (Phi) is 14.5. The first-order valence-electron chi connectivity index (χ1n) is 17.3. The number of aromatic nitrogens is 2. The molecule has 1 spiro atoms. The second kappa shape index (κ2) is 17.1. The van der Waals surface area contributed by atoms with E-state index in [2.05, 4.69) is 22.9 Å². The summed E-state index contributed by atoms with van der Waals surface area (Å²) in [7, 11) is 26.7. The maximum atomic E-state index is 16.9. The Hall–Kier alpha value is -2.55. The number of nitrogens with zero attached hydrogens (tertiary/aromatic N) is 4. The topological polar surface area (TPSA) is 108 Å². The molecule has 2 unspecified atom stereocenters. The molecule has 1 aromatic carbocycles. The second-order valence-corrected chi connectivity index (χ2v) is 15.3. The molecule has 3 N–H and O–H groups in total. The number of benzene rings is 1. The zero-order chi connectivity index (χ0) is 37.6. The van der Waals surface area contributed by atoms with Gasteiger partial charge in [0.15, 0.2) is 5.82 Å². The zero-order valence-corrected chi connectivity index (χ0v) is 33.0. The summed E-state index contributed by atoms with van der Waals surface area (Å²) >= 11 is 1.01. The monoisotopic (exact) mass is 777 g/mol. The van der Waals surface area contributed by atoms with Crippen LogP contribution in [-0.2, 0) is 35.0 Å². The van der Waals surface area contributed by atoms with E-state index in [9.17, 15) is 10.4 Å². The van der Waals surface area contributed by atoms with Gasteiger partial charge >= 0.3 is 17.1 Å². The van der Waals surface area contributed by atoms with Gasteiger partial charge in [0.1, 0.15) is 22.4 Å². The summed E-state index contributed by atoms with van der Waals surface area (Å²) in [6.45, 7) is 11.8. The molecule has 7 nitrogen and oxygen atoms in total. The van der Waals surface area contributed by atoms with Crippen molar-refractivity contribution in [3.8, 4) is 6.07 Å². The number of ether oxygens (including phenoxy) is 1. The molecule has 4 heterocycles. The predicted molar refractivity (Wildman–Crippen MR) is 212 cm³/mol. The van der Waals surface area contributed by atoms with Crippen molar-refractivity contribution in [1.82, 2.24) is 9.97 Å². The van der Waals surface area contributed by atoms with E-state index in [0.717, 1.165) is 42.0 Å². The summed E-state index contributed by atoms with van der Waals surface area (Å²) < 4.78 is 37.9. The molecular weight excluding hydrogens is 734 g/mol. The maximum Gasteiger partial charge on any atom is 1.00 e. The van der Waals surface area contributed by atoms with Crippen LogP contribution in [0.4, 0.5) is 19.7 Å². The van der Waals surface area contributed by atoms with Gasteiger partial charge in [-0.2, -0.15) is 5.26 Å². The van der Waals surface area contributed by atoms with Crippen molar-refractivity contribution >= 4 is 83.8 Å². The van der Waals surface area contributed by atoms with Crippen molar-refractivity contribution in [2.24, 2.45) is 17.3 Å². The molecule has 3 aromatic rings. The average Bonchev–Trinajstić information content (AvgIpc) is 3.38. The van der Waals surface area contributed by atoms with E-state index in [4.69, 9.17) is 54.7 Å².